The molecular weight excluding hydrogens is 466 g/mol. The fraction of sp³-hybridized carbons (Fsp3) is 0.222. The van der Waals surface area contributed by atoms with Crippen molar-refractivity contribution in [2.45, 2.75) is 20.3 Å². The van der Waals surface area contributed by atoms with Crippen molar-refractivity contribution in [1.29, 1.82) is 0 Å². The molecule has 3 aromatic rings. The first-order valence-electron chi connectivity index (χ1n) is 11.2. The lowest BCUT2D eigenvalue weighted by atomic mass is 10.1. The predicted molar refractivity (Wildman–Crippen MR) is 137 cm³/mol. The van der Waals surface area contributed by atoms with E-state index in [4.69, 9.17) is 16.3 Å². The second-order valence-corrected chi connectivity index (χ2v) is 9.00. The summed E-state index contributed by atoms with van der Waals surface area (Å²) in [5.74, 6) is -0.811. The molecule has 0 aliphatic carbocycles. The molecule has 0 radical (unpaired) electrons. The fourth-order valence-electron chi connectivity index (χ4n) is 4.12. The van der Waals surface area contributed by atoms with Crippen molar-refractivity contribution < 1.29 is 19.1 Å². The first-order valence-corrected chi connectivity index (χ1v) is 11.6. The van der Waals surface area contributed by atoms with Gasteiger partial charge in [0.05, 0.1) is 18.7 Å². The maximum absolute atomic E-state index is 13.0. The monoisotopic (exact) mass is 491 g/mol. The van der Waals surface area contributed by atoms with Gasteiger partial charge in [0.2, 0.25) is 11.8 Å². The number of halogens is 1. The summed E-state index contributed by atoms with van der Waals surface area (Å²) in [5, 5.41) is 6.22. The molecule has 0 bridgehead atoms. The van der Waals surface area contributed by atoms with Gasteiger partial charge in [0.1, 0.15) is 5.75 Å². The van der Waals surface area contributed by atoms with Crippen molar-refractivity contribution in [1.82, 2.24) is 0 Å². The van der Waals surface area contributed by atoms with Gasteiger partial charge in [-0.25, -0.2) is 0 Å². The summed E-state index contributed by atoms with van der Waals surface area (Å²) in [5.41, 5.74) is 4.24. The highest BCUT2D eigenvalue weighted by Crippen LogP contribution is 2.35. The molecule has 0 aromatic heterocycles. The van der Waals surface area contributed by atoms with E-state index in [0.29, 0.717) is 27.7 Å². The molecule has 1 aliphatic heterocycles. The van der Waals surface area contributed by atoms with E-state index in [1.54, 1.807) is 42.5 Å². The quantitative estimate of drug-likeness (QED) is 0.495. The molecule has 0 unspecified atom stereocenters. The summed E-state index contributed by atoms with van der Waals surface area (Å²) in [6.45, 7) is 4.13. The van der Waals surface area contributed by atoms with Crippen LogP contribution in [0.3, 0.4) is 0 Å². The molecule has 8 heteroatoms. The van der Waals surface area contributed by atoms with Gasteiger partial charge >= 0.3 is 0 Å². The summed E-state index contributed by atoms with van der Waals surface area (Å²) in [7, 11) is 1.51. The Labute approximate surface area is 209 Å². The first kappa shape index (κ1) is 24.3. The zero-order valence-electron chi connectivity index (χ0n) is 19.7. The van der Waals surface area contributed by atoms with E-state index < -0.39 is 5.92 Å². The van der Waals surface area contributed by atoms with Crippen LogP contribution in [0, 0.1) is 19.8 Å². The molecule has 7 nitrogen and oxygen atoms in total. The number of hydrogen-bond donors (Lipinski definition) is 2. The van der Waals surface area contributed by atoms with Crippen molar-refractivity contribution in [3.05, 3.63) is 82.4 Å². The molecule has 4 rings (SSSR count). The fourth-order valence-corrected chi connectivity index (χ4v) is 4.29. The Kier molecular flexibility index (Phi) is 7.07. The second-order valence-electron chi connectivity index (χ2n) is 8.56. The van der Waals surface area contributed by atoms with Gasteiger partial charge in [-0.1, -0.05) is 35.4 Å². The number of amides is 3. The molecular formula is C27H26ClN3O4. The summed E-state index contributed by atoms with van der Waals surface area (Å²) in [4.78, 5) is 39.9. The van der Waals surface area contributed by atoms with E-state index in [0.717, 1.165) is 16.8 Å². The van der Waals surface area contributed by atoms with Gasteiger partial charge in [0, 0.05) is 34.9 Å². The number of nitrogens with zero attached hydrogens (tertiary/aromatic N) is 1. The van der Waals surface area contributed by atoms with E-state index in [1.165, 1.54) is 12.0 Å². The molecule has 1 saturated heterocycles. The van der Waals surface area contributed by atoms with E-state index in [2.05, 4.69) is 10.6 Å². The van der Waals surface area contributed by atoms with Crippen LogP contribution in [0.25, 0.3) is 0 Å². The molecule has 0 spiro atoms. The Morgan fingerprint density at radius 1 is 1.03 bits per heavy atom. The van der Waals surface area contributed by atoms with Crippen LogP contribution in [-0.2, 0) is 9.59 Å². The van der Waals surface area contributed by atoms with E-state index in [9.17, 15) is 14.4 Å². The number of nitrogens with one attached hydrogen (secondary N) is 2. The van der Waals surface area contributed by atoms with Crippen LogP contribution < -0.4 is 20.3 Å². The topological polar surface area (TPSA) is 87.7 Å². The van der Waals surface area contributed by atoms with E-state index in [1.807, 2.05) is 32.0 Å². The minimum Gasteiger partial charge on any atom is -0.495 e. The van der Waals surface area contributed by atoms with Gasteiger partial charge in [-0.3, -0.25) is 14.4 Å². The summed E-state index contributed by atoms with van der Waals surface area (Å²) < 4.78 is 5.35. The van der Waals surface area contributed by atoms with Crippen molar-refractivity contribution in [2.24, 2.45) is 5.92 Å². The van der Waals surface area contributed by atoms with Gasteiger partial charge in [-0.05, 0) is 61.9 Å². The number of ether oxygens (including phenoxy) is 1. The summed E-state index contributed by atoms with van der Waals surface area (Å²) in [6.07, 6.45) is 0.0639. The van der Waals surface area contributed by atoms with Crippen LogP contribution in [-0.4, -0.2) is 31.4 Å². The first-order chi connectivity index (χ1) is 16.7. The minimum absolute atomic E-state index is 0.0639. The Morgan fingerprint density at radius 2 is 1.83 bits per heavy atom. The lowest BCUT2D eigenvalue weighted by molar-refractivity contribution is -0.122. The average molecular weight is 492 g/mol. The Bertz CT molecular complexity index is 1310. The number of methoxy groups -OCH3 is 1. The standard InChI is InChI=1S/C27H26ClN3O4/c1-16-7-9-22(17(2)11-16)30-26(33)18-5-4-6-21(12-18)29-27(34)19-13-25(32)31(15-19)23-14-20(28)8-10-24(23)35-3/h4-12,14,19H,13,15H2,1-3H3,(H,29,34)(H,30,33)/t19-/m0/s1. The lowest BCUT2D eigenvalue weighted by Crippen LogP contribution is -2.28. The number of rotatable bonds is 6. The molecule has 1 fully saturated rings. The number of hydrogen-bond acceptors (Lipinski definition) is 4. The number of benzene rings is 3. The number of carbonyl (C=O) groups is 3. The molecule has 1 aliphatic rings. The van der Waals surface area contributed by atoms with Crippen molar-refractivity contribution in [2.75, 3.05) is 29.2 Å². The third-order valence-electron chi connectivity index (χ3n) is 5.95. The summed E-state index contributed by atoms with van der Waals surface area (Å²) >= 11 is 6.11. The molecule has 2 N–H and O–H groups in total. The Hall–Kier alpha value is -3.84. The third kappa shape index (κ3) is 5.46. The molecule has 3 aromatic carbocycles. The van der Waals surface area contributed by atoms with Gasteiger partial charge in [-0.15, -0.1) is 0 Å². The van der Waals surface area contributed by atoms with Crippen LogP contribution in [0.1, 0.15) is 27.9 Å². The minimum atomic E-state index is -0.557. The predicted octanol–water partition coefficient (Wildman–Crippen LogP) is 5.21. The van der Waals surface area contributed by atoms with Crippen molar-refractivity contribution in [3.63, 3.8) is 0 Å². The largest absolute Gasteiger partial charge is 0.495 e. The molecule has 180 valence electrons. The Balaban J connectivity index is 1.44. The van der Waals surface area contributed by atoms with E-state index >= 15 is 0 Å². The number of aryl methyl sites for hydroxylation is 2. The highest BCUT2D eigenvalue weighted by molar-refractivity contribution is 6.31. The molecule has 1 heterocycles. The highest BCUT2D eigenvalue weighted by Gasteiger charge is 2.36. The van der Waals surface area contributed by atoms with E-state index in [-0.39, 0.29) is 30.7 Å². The van der Waals surface area contributed by atoms with Crippen LogP contribution in [0.15, 0.2) is 60.7 Å². The van der Waals surface area contributed by atoms with Crippen LogP contribution in [0.5, 0.6) is 5.75 Å². The zero-order chi connectivity index (χ0) is 25.1. The SMILES string of the molecule is COc1ccc(Cl)cc1N1C[C@@H](C(=O)Nc2cccc(C(=O)Nc3ccc(C)cc3C)c2)CC1=O. The lowest BCUT2D eigenvalue weighted by Gasteiger charge is -2.20. The molecule has 3 amide bonds. The van der Waals surface area contributed by atoms with Gasteiger partial charge in [-0.2, -0.15) is 0 Å². The Morgan fingerprint density at radius 3 is 2.57 bits per heavy atom. The molecule has 1 atom stereocenters. The number of carbonyl (C=O) groups excluding carboxylic acids is 3. The highest BCUT2D eigenvalue weighted by atomic mass is 35.5. The van der Waals surface area contributed by atoms with Crippen LogP contribution >= 0.6 is 11.6 Å². The maximum atomic E-state index is 13.0. The second kappa shape index (κ2) is 10.2. The van der Waals surface area contributed by atoms with Crippen LogP contribution in [0.2, 0.25) is 5.02 Å². The smallest absolute Gasteiger partial charge is 0.255 e. The number of anilines is 3. The van der Waals surface area contributed by atoms with Crippen molar-refractivity contribution >= 4 is 46.4 Å². The average Bonchev–Trinajstić information content (AvgIpc) is 3.22. The maximum Gasteiger partial charge on any atom is 0.255 e. The zero-order valence-corrected chi connectivity index (χ0v) is 20.5. The third-order valence-corrected chi connectivity index (χ3v) is 6.19. The van der Waals surface area contributed by atoms with Gasteiger partial charge < -0.3 is 20.3 Å². The normalized spacial score (nSPS) is 15.1. The molecule has 0 saturated carbocycles. The van der Waals surface area contributed by atoms with Crippen molar-refractivity contribution in [3.8, 4) is 5.75 Å². The summed E-state index contributed by atoms with van der Waals surface area (Å²) in [6, 6.07) is 17.5. The van der Waals surface area contributed by atoms with Gasteiger partial charge in [0.15, 0.2) is 0 Å². The van der Waals surface area contributed by atoms with Crippen LogP contribution in [0.4, 0.5) is 17.1 Å². The van der Waals surface area contributed by atoms with Gasteiger partial charge in [0.25, 0.3) is 5.91 Å². The molecule has 35 heavy (non-hydrogen) atoms.